The van der Waals surface area contributed by atoms with Gasteiger partial charge in [0.1, 0.15) is 0 Å². The Morgan fingerprint density at radius 1 is 0.333 bits per heavy atom. The highest BCUT2D eigenvalue weighted by Gasteiger charge is 1.59. The lowest BCUT2D eigenvalue weighted by atomic mass is 10.4. The lowest BCUT2D eigenvalue weighted by Gasteiger charge is -1.69. The normalized spacial score (nSPS) is 7.33. The maximum atomic E-state index is 4.25. The lowest BCUT2D eigenvalue weighted by molar-refractivity contribution is 0.277. The van der Waals surface area contributed by atoms with Crippen molar-refractivity contribution in [3.8, 4) is 0 Å². The van der Waals surface area contributed by atoms with E-state index in [2.05, 4.69) is 23.3 Å². The van der Waals surface area contributed by atoms with E-state index in [1.165, 1.54) is 6.42 Å². The highest BCUT2D eigenvalue weighted by molar-refractivity contribution is 5.00. The van der Waals surface area contributed by atoms with Crippen molar-refractivity contribution < 1.29 is 9.47 Å². The summed E-state index contributed by atoms with van der Waals surface area (Å²) < 4.78 is 8.50. The second-order valence-corrected chi connectivity index (χ2v) is 4.99. The molecular weight excluding hydrogens is 332 g/mol. The number of hydrogen-bond donors (Lipinski definition) is 0. The van der Waals surface area contributed by atoms with E-state index in [4.69, 9.17) is 0 Å². The first kappa shape index (κ1) is 29.3. The fraction of sp³-hybridized carbons (Fsp3) is 0.280. The van der Waals surface area contributed by atoms with Gasteiger partial charge in [-0.1, -0.05) is 129 Å². The summed E-state index contributed by atoms with van der Waals surface area (Å²) >= 11 is 0. The van der Waals surface area contributed by atoms with Crippen molar-refractivity contribution >= 4 is 0 Å². The van der Waals surface area contributed by atoms with Crippen molar-refractivity contribution in [1.29, 1.82) is 0 Å². The maximum absolute atomic E-state index is 4.25. The molecule has 0 N–H and O–H groups in total. The van der Waals surface area contributed by atoms with Crippen LogP contribution in [-0.2, 0) is 9.47 Å². The standard InChI is InChI=1S/3C6H6.C3H8.2C2H6O/c3*1-2-4-6-5-3-1;3*1-3-2/h3*1-6H;3H2,1-2H3;2*1-2H3. The largest absolute Gasteiger partial charge is 0.388 e. The first-order chi connectivity index (χ1) is 13.2. The minimum atomic E-state index is 1.25. The van der Waals surface area contributed by atoms with Crippen LogP contribution in [0.3, 0.4) is 0 Å². The zero-order valence-electron chi connectivity index (χ0n) is 17.9. The Bertz CT molecular complexity index is 339. The van der Waals surface area contributed by atoms with E-state index in [0.717, 1.165) is 0 Å². The van der Waals surface area contributed by atoms with Crippen LogP contribution >= 0.6 is 0 Å². The molecule has 0 radical (unpaired) electrons. The highest BCUT2D eigenvalue weighted by atomic mass is 16.5. The van der Waals surface area contributed by atoms with E-state index in [1.807, 2.05) is 109 Å². The van der Waals surface area contributed by atoms with Crippen LogP contribution < -0.4 is 0 Å². The molecule has 3 rings (SSSR count). The Kier molecular flexibility index (Phi) is 37.9. The van der Waals surface area contributed by atoms with Gasteiger partial charge >= 0.3 is 0 Å². The summed E-state index contributed by atoms with van der Waals surface area (Å²) in [5.41, 5.74) is 0. The molecule has 2 heteroatoms. The zero-order chi connectivity index (χ0) is 20.8. The fourth-order valence-electron chi connectivity index (χ4n) is 1.15. The Morgan fingerprint density at radius 3 is 0.407 bits per heavy atom. The first-order valence-corrected chi connectivity index (χ1v) is 9.05. The van der Waals surface area contributed by atoms with Crippen LogP contribution in [0.5, 0.6) is 0 Å². The van der Waals surface area contributed by atoms with Crippen molar-refractivity contribution in [2.45, 2.75) is 20.3 Å². The quantitative estimate of drug-likeness (QED) is 0.424. The summed E-state index contributed by atoms with van der Waals surface area (Å²) in [7, 11) is 6.50. The molecule has 3 aromatic carbocycles. The third-order valence-electron chi connectivity index (χ3n) is 2.00. The Hall–Kier alpha value is -2.42. The van der Waals surface area contributed by atoms with Gasteiger partial charge in [-0.05, 0) is 0 Å². The van der Waals surface area contributed by atoms with Crippen molar-refractivity contribution in [1.82, 2.24) is 0 Å². The third kappa shape index (κ3) is 45.2. The molecule has 0 amide bonds. The Morgan fingerprint density at radius 2 is 0.370 bits per heavy atom. The molecule has 0 aliphatic rings. The summed E-state index contributed by atoms with van der Waals surface area (Å²) in [5, 5.41) is 0. The first-order valence-electron chi connectivity index (χ1n) is 9.05. The summed E-state index contributed by atoms with van der Waals surface area (Å²) in [6.07, 6.45) is 1.25. The number of benzene rings is 3. The molecule has 0 saturated carbocycles. The molecule has 0 unspecified atom stereocenters. The van der Waals surface area contributed by atoms with Crippen molar-refractivity contribution in [3.05, 3.63) is 109 Å². The molecule has 3 aromatic rings. The van der Waals surface area contributed by atoms with E-state index >= 15 is 0 Å². The molecule has 0 fully saturated rings. The van der Waals surface area contributed by atoms with Gasteiger partial charge in [-0.25, -0.2) is 0 Å². The topological polar surface area (TPSA) is 18.5 Å². The molecule has 0 spiro atoms. The van der Waals surface area contributed by atoms with E-state index in [0.29, 0.717) is 0 Å². The third-order valence-corrected chi connectivity index (χ3v) is 2.00. The van der Waals surface area contributed by atoms with Crippen LogP contribution in [0.25, 0.3) is 0 Å². The SMILES string of the molecule is CCC.COC.COC.c1ccccc1.c1ccccc1.c1ccccc1. The number of rotatable bonds is 0. The predicted octanol–water partition coefficient (Wildman–Crippen LogP) is 7.00. The van der Waals surface area contributed by atoms with Gasteiger partial charge in [0.25, 0.3) is 0 Å². The average Bonchev–Trinajstić information content (AvgIpc) is 2.75. The molecule has 0 bridgehead atoms. The van der Waals surface area contributed by atoms with Crippen LogP contribution in [0, 0.1) is 0 Å². The molecule has 0 saturated heterocycles. The molecule has 0 aliphatic carbocycles. The minimum Gasteiger partial charge on any atom is -0.388 e. The smallest absolute Gasteiger partial charge is 0.0351 e. The molecule has 0 aromatic heterocycles. The number of ether oxygens (including phenoxy) is 2. The minimum absolute atomic E-state index is 1.25. The van der Waals surface area contributed by atoms with Crippen LogP contribution in [0.2, 0.25) is 0 Å². The van der Waals surface area contributed by atoms with Gasteiger partial charge in [0, 0.05) is 28.4 Å². The van der Waals surface area contributed by atoms with E-state index in [1.54, 1.807) is 28.4 Å². The van der Waals surface area contributed by atoms with Gasteiger partial charge in [0.05, 0.1) is 0 Å². The van der Waals surface area contributed by atoms with Crippen molar-refractivity contribution in [2.75, 3.05) is 28.4 Å². The fourth-order valence-corrected chi connectivity index (χ4v) is 1.15. The van der Waals surface area contributed by atoms with Crippen LogP contribution in [0.1, 0.15) is 20.3 Å². The maximum Gasteiger partial charge on any atom is 0.0351 e. The number of methoxy groups -OCH3 is 2. The zero-order valence-corrected chi connectivity index (χ0v) is 17.9. The van der Waals surface area contributed by atoms with Gasteiger partial charge in [-0.15, -0.1) is 0 Å². The predicted molar refractivity (Wildman–Crippen MR) is 121 cm³/mol. The average molecular weight is 371 g/mol. The summed E-state index contributed by atoms with van der Waals surface area (Å²) in [5.74, 6) is 0. The second kappa shape index (κ2) is 34.8. The summed E-state index contributed by atoms with van der Waals surface area (Å²) in [6.45, 7) is 4.25. The Balaban J connectivity index is -0.000000266. The van der Waals surface area contributed by atoms with Gasteiger partial charge in [0.15, 0.2) is 0 Å². The van der Waals surface area contributed by atoms with Crippen LogP contribution in [0.4, 0.5) is 0 Å². The van der Waals surface area contributed by atoms with Gasteiger partial charge in [-0.2, -0.15) is 0 Å². The molecule has 0 atom stereocenters. The summed E-state index contributed by atoms with van der Waals surface area (Å²) in [4.78, 5) is 0. The van der Waals surface area contributed by atoms with E-state index in [9.17, 15) is 0 Å². The Labute approximate surface area is 167 Å². The lowest BCUT2D eigenvalue weighted by Crippen LogP contribution is -1.55. The van der Waals surface area contributed by atoms with Crippen LogP contribution in [-0.4, -0.2) is 28.4 Å². The molecule has 0 heterocycles. The van der Waals surface area contributed by atoms with Crippen molar-refractivity contribution in [3.63, 3.8) is 0 Å². The van der Waals surface area contributed by atoms with Crippen molar-refractivity contribution in [2.24, 2.45) is 0 Å². The molecule has 0 aliphatic heterocycles. The van der Waals surface area contributed by atoms with Gasteiger partial charge in [-0.3, -0.25) is 0 Å². The molecule has 150 valence electrons. The number of hydrogen-bond acceptors (Lipinski definition) is 2. The van der Waals surface area contributed by atoms with Gasteiger partial charge < -0.3 is 9.47 Å². The highest BCUT2D eigenvalue weighted by Crippen LogP contribution is 1.81. The van der Waals surface area contributed by atoms with E-state index < -0.39 is 0 Å². The monoisotopic (exact) mass is 370 g/mol. The molecule has 2 nitrogen and oxygen atoms in total. The summed E-state index contributed by atoms with van der Waals surface area (Å²) in [6, 6.07) is 36.0. The van der Waals surface area contributed by atoms with Crippen LogP contribution in [0.15, 0.2) is 109 Å². The van der Waals surface area contributed by atoms with E-state index in [-0.39, 0.29) is 0 Å². The second-order valence-electron chi connectivity index (χ2n) is 4.99. The van der Waals surface area contributed by atoms with Gasteiger partial charge in [0.2, 0.25) is 0 Å². The molecular formula is C25H38O2. The molecule has 27 heavy (non-hydrogen) atoms.